The number of methoxy groups -OCH3 is 1. The fourth-order valence-electron chi connectivity index (χ4n) is 3.59. The number of carbonyl (C=O) groups excluding carboxylic acids is 1. The van der Waals surface area contributed by atoms with Crippen molar-refractivity contribution >= 4 is 17.3 Å². The van der Waals surface area contributed by atoms with Crippen molar-refractivity contribution in [2.75, 3.05) is 7.11 Å². The van der Waals surface area contributed by atoms with Gasteiger partial charge in [-0.1, -0.05) is 0 Å². The smallest absolute Gasteiger partial charge is 0.311 e. The summed E-state index contributed by atoms with van der Waals surface area (Å²) >= 11 is 1.58. The van der Waals surface area contributed by atoms with E-state index in [0.29, 0.717) is 5.89 Å². The molecule has 20 heavy (non-hydrogen) atoms. The number of ether oxygens (including phenoxy) is 1. The molecule has 5 rings (SSSR count). The fourth-order valence-corrected chi connectivity index (χ4v) is 4.48. The van der Waals surface area contributed by atoms with Gasteiger partial charge in [0.25, 0.3) is 0 Å². The standard InChI is InChI=1S/C14H14N2O3S/c1-8-15-9(3-19-8)11-16-10(4-20-11)13-5-14(6-13,7-13)12(17)18-2/h3-4H,5-7H2,1-2H3. The minimum absolute atomic E-state index is 0.0676. The van der Waals surface area contributed by atoms with Gasteiger partial charge in [0.15, 0.2) is 5.89 Å². The lowest BCUT2D eigenvalue weighted by Crippen LogP contribution is -2.68. The highest BCUT2D eigenvalue weighted by atomic mass is 32.1. The van der Waals surface area contributed by atoms with Gasteiger partial charge in [0, 0.05) is 17.7 Å². The van der Waals surface area contributed by atoms with Gasteiger partial charge in [0.1, 0.15) is 17.0 Å². The van der Waals surface area contributed by atoms with Crippen LogP contribution in [0, 0.1) is 12.3 Å². The van der Waals surface area contributed by atoms with Crippen LogP contribution >= 0.6 is 11.3 Å². The summed E-state index contributed by atoms with van der Waals surface area (Å²) in [5.74, 6) is 0.578. The summed E-state index contributed by atoms with van der Waals surface area (Å²) in [5.41, 5.74) is 1.75. The number of esters is 1. The molecule has 0 saturated heterocycles. The van der Waals surface area contributed by atoms with E-state index in [4.69, 9.17) is 9.15 Å². The van der Waals surface area contributed by atoms with Crippen molar-refractivity contribution < 1.29 is 13.9 Å². The lowest BCUT2D eigenvalue weighted by atomic mass is 9.34. The van der Waals surface area contributed by atoms with Crippen molar-refractivity contribution in [3.05, 3.63) is 23.2 Å². The highest BCUT2D eigenvalue weighted by Gasteiger charge is 2.73. The molecule has 0 radical (unpaired) electrons. The van der Waals surface area contributed by atoms with E-state index < -0.39 is 0 Å². The first-order valence-electron chi connectivity index (χ1n) is 6.54. The highest BCUT2D eigenvalue weighted by molar-refractivity contribution is 7.13. The minimum Gasteiger partial charge on any atom is -0.469 e. The maximum atomic E-state index is 11.7. The third-order valence-electron chi connectivity index (χ3n) is 4.53. The fraction of sp³-hybridized carbons (Fsp3) is 0.500. The van der Waals surface area contributed by atoms with Gasteiger partial charge in [-0.05, 0) is 19.3 Å². The molecule has 0 spiro atoms. The van der Waals surface area contributed by atoms with Crippen LogP contribution < -0.4 is 0 Å². The minimum atomic E-state index is -0.219. The molecule has 3 saturated carbocycles. The molecule has 0 N–H and O–H groups in total. The van der Waals surface area contributed by atoms with Crippen molar-refractivity contribution in [2.45, 2.75) is 31.6 Å². The first-order chi connectivity index (χ1) is 9.57. The van der Waals surface area contributed by atoms with Crippen molar-refractivity contribution in [2.24, 2.45) is 5.41 Å². The second-order valence-electron chi connectivity index (χ2n) is 5.87. The van der Waals surface area contributed by atoms with E-state index >= 15 is 0 Å². The van der Waals surface area contributed by atoms with Gasteiger partial charge in [-0.25, -0.2) is 9.97 Å². The number of nitrogens with zero attached hydrogens (tertiary/aromatic N) is 2. The Labute approximate surface area is 120 Å². The normalized spacial score (nSPS) is 30.5. The van der Waals surface area contributed by atoms with Gasteiger partial charge < -0.3 is 9.15 Å². The zero-order chi connectivity index (χ0) is 14.0. The number of thiazole rings is 1. The maximum Gasteiger partial charge on any atom is 0.311 e. The highest BCUT2D eigenvalue weighted by Crippen LogP contribution is 2.73. The van der Waals surface area contributed by atoms with E-state index in [0.717, 1.165) is 35.7 Å². The average molecular weight is 290 g/mol. The van der Waals surface area contributed by atoms with Crippen LogP contribution in [0.15, 0.2) is 16.1 Å². The Morgan fingerprint density at radius 2 is 2.15 bits per heavy atom. The topological polar surface area (TPSA) is 65.2 Å². The first kappa shape index (κ1) is 12.1. The Bertz CT molecular complexity index is 683. The van der Waals surface area contributed by atoms with E-state index in [-0.39, 0.29) is 16.8 Å². The Morgan fingerprint density at radius 3 is 2.75 bits per heavy atom. The number of rotatable bonds is 3. The molecule has 2 heterocycles. The molecule has 2 aromatic heterocycles. The summed E-state index contributed by atoms with van der Waals surface area (Å²) in [6.07, 6.45) is 4.24. The lowest BCUT2D eigenvalue weighted by Gasteiger charge is -2.67. The molecule has 0 aliphatic heterocycles. The third kappa shape index (κ3) is 1.40. The Balaban J connectivity index is 1.56. The second-order valence-corrected chi connectivity index (χ2v) is 6.73. The van der Waals surface area contributed by atoms with Crippen molar-refractivity contribution in [1.29, 1.82) is 0 Å². The molecule has 0 atom stereocenters. The number of hydrogen-bond acceptors (Lipinski definition) is 6. The number of oxazole rings is 1. The molecule has 3 aliphatic rings. The van der Waals surface area contributed by atoms with E-state index in [1.807, 2.05) is 6.92 Å². The summed E-state index contributed by atoms with van der Waals surface area (Å²) in [7, 11) is 1.46. The molecule has 3 fully saturated rings. The summed E-state index contributed by atoms with van der Waals surface area (Å²) in [6, 6.07) is 0. The van der Waals surface area contributed by atoms with E-state index in [1.165, 1.54) is 7.11 Å². The van der Waals surface area contributed by atoms with Crippen LogP contribution in [0.4, 0.5) is 0 Å². The molecule has 3 aliphatic carbocycles. The predicted molar refractivity (Wildman–Crippen MR) is 72.3 cm³/mol. The van der Waals surface area contributed by atoms with Crippen molar-refractivity contribution in [1.82, 2.24) is 9.97 Å². The first-order valence-corrected chi connectivity index (χ1v) is 7.42. The van der Waals surface area contributed by atoms with Crippen LogP contribution in [0.1, 0.15) is 30.8 Å². The van der Waals surface area contributed by atoms with Crippen LogP contribution in [0.25, 0.3) is 10.7 Å². The number of hydrogen-bond donors (Lipinski definition) is 0. The monoisotopic (exact) mass is 290 g/mol. The third-order valence-corrected chi connectivity index (χ3v) is 5.40. The molecule has 2 bridgehead atoms. The number of aromatic nitrogens is 2. The van der Waals surface area contributed by atoms with Crippen LogP contribution in [0.5, 0.6) is 0 Å². The zero-order valence-electron chi connectivity index (χ0n) is 11.3. The molecule has 0 aromatic carbocycles. The molecular formula is C14H14N2O3S. The summed E-state index contributed by atoms with van der Waals surface area (Å²) in [5, 5.41) is 2.97. The van der Waals surface area contributed by atoms with Crippen LogP contribution in [-0.4, -0.2) is 23.0 Å². The lowest BCUT2D eigenvalue weighted by molar-refractivity contribution is -0.198. The van der Waals surface area contributed by atoms with Gasteiger partial charge in [0.05, 0.1) is 18.2 Å². The van der Waals surface area contributed by atoms with Crippen LogP contribution in [0.2, 0.25) is 0 Å². The van der Waals surface area contributed by atoms with Gasteiger partial charge in [-0.2, -0.15) is 0 Å². The van der Waals surface area contributed by atoms with Gasteiger partial charge in [-0.15, -0.1) is 11.3 Å². The Hall–Kier alpha value is -1.69. The summed E-state index contributed by atoms with van der Waals surface area (Å²) in [4.78, 5) is 20.7. The SMILES string of the molecule is COC(=O)C12CC(c3csc(-c4coc(C)n4)n3)(C1)C2. The van der Waals surface area contributed by atoms with Gasteiger partial charge in [0.2, 0.25) is 0 Å². The molecular weight excluding hydrogens is 276 g/mol. The molecule has 2 aromatic rings. The number of carbonyl (C=O) groups is 1. The summed E-state index contributed by atoms with van der Waals surface area (Å²) in [6.45, 7) is 1.82. The molecule has 0 unspecified atom stereocenters. The van der Waals surface area contributed by atoms with E-state index in [9.17, 15) is 4.79 Å². The summed E-state index contributed by atoms with van der Waals surface area (Å²) < 4.78 is 10.1. The van der Waals surface area contributed by atoms with Crippen molar-refractivity contribution in [3.8, 4) is 10.7 Å². The average Bonchev–Trinajstić information content (AvgIpc) is 2.94. The molecule has 104 valence electrons. The Kier molecular flexibility index (Phi) is 2.23. The van der Waals surface area contributed by atoms with E-state index in [1.54, 1.807) is 17.6 Å². The molecule has 6 heteroatoms. The quantitative estimate of drug-likeness (QED) is 0.813. The van der Waals surface area contributed by atoms with E-state index in [2.05, 4.69) is 15.3 Å². The predicted octanol–water partition coefficient (Wildman–Crippen LogP) is 2.70. The molecule has 0 amide bonds. The second kappa shape index (κ2) is 3.69. The van der Waals surface area contributed by atoms with Crippen molar-refractivity contribution in [3.63, 3.8) is 0 Å². The zero-order valence-corrected chi connectivity index (χ0v) is 12.1. The van der Waals surface area contributed by atoms with Crippen LogP contribution in [0.3, 0.4) is 0 Å². The number of aryl methyl sites for hydroxylation is 1. The largest absolute Gasteiger partial charge is 0.469 e. The van der Waals surface area contributed by atoms with Gasteiger partial charge >= 0.3 is 5.97 Å². The Morgan fingerprint density at radius 1 is 1.40 bits per heavy atom. The van der Waals surface area contributed by atoms with Crippen LogP contribution in [-0.2, 0) is 14.9 Å². The molecule has 5 nitrogen and oxygen atoms in total. The maximum absolute atomic E-state index is 11.7. The van der Waals surface area contributed by atoms with Gasteiger partial charge in [-0.3, -0.25) is 4.79 Å².